The van der Waals surface area contributed by atoms with Crippen LogP contribution in [0.5, 0.6) is 11.5 Å². The molecule has 22 heavy (non-hydrogen) atoms. The van der Waals surface area contributed by atoms with Gasteiger partial charge in [-0.05, 0) is 18.1 Å². The second-order valence-electron chi connectivity index (χ2n) is 5.23. The van der Waals surface area contributed by atoms with Crippen molar-refractivity contribution in [1.82, 2.24) is 15.0 Å². The summed E-state index contributed by atoms with van der Waals surface area (Å²) >= 11 is 0. The number of carbonyl (C=O) groups is 1. The van der Waals surface area contributed by atoms with E-state index in [2.05, 4.69) is 10.3 Å². The largest absolute Gasteiger partial charge is 0.497 e. The summed E-state index contributed by atoms with van der Waals surface area (Å²) < 4.78 is 12.4. The van der Waals surface area contributed by atoms with E-state index in [1.807, 2.05) is 13.8 Å². The van der Waals surface area contributed by atoms with Gasteiger partial charge >= 0.3 is 5.97 Å². The predicted octanol–water partition coefficient (Wildman–Crippen LogP) is 2.22. The fraction of sp³-hybridized carbons (Fsp3) is 0.400. The molecule has 0 atom stereocenters. The molecule has 0 aliphatic heterocycles. The molecule has 7 nitrogen and oxygen atoms in total. The van der Waals surface area contributed by atoms with Crippen molar-refractivity contribution in [3.8, 4) is 11.5 Å². The van der Waals surface area contributed by atoms with Crippen molar-refractivity contribution in [2.24, 2.45) is 5.92 Å². The van der Waals surface area contributed by atoms with E-state index in [1.54, 1.807) is 36.1 Å². The molecule has 0 radical (unpaired) electrons. The summed E-state index contributed by atoms with van der Waals surface area (Å²) in [5.74, 6) is 0.468. The van der Waals surface area contributed by atoms with Crippen LogP contribution in [0.15, 0.2) is 24.3 Å². The van der Waals surface area contributed by atoms with E-state index in [0.717, 1.165) is 0 Å². The maximum absolute atomic E-state index is 11.2. The monoisotopic (exact) mass is 305 g/mol. The minimum atomic E-state index is -1.11. The van der Waals surface area contributed by atoms with E-state index >= 15 is 0 Å². The van der Waals surface area contributed by atoms with E-state index in [-0.39, 0.29) is 12.3 Å². The Labute approximate surface area is 128 Å². The van der Waals surface area contributed by atoms with Crippen LogP contribution in [0.1, 0.15) is 30.0 Å². The second kappa shape index (κ2) is 6.93. The summed E-state index contributed by atoms with van der Waals surface area (Å²) in [6.07, 6.45) is 0. The Bertz CT molecular complexity index is 652. The minimum absolute atomic E-state index is 0.0779. The number of hydrogen-bond donors (Lipinski definition) is 1. The van der Waals surface area contributed by atoms with E-state index in [1.165, 1.54) is 0 Å². The van der Waals surface area contributed by atoms with Gasteiger partial charge in [0.1, 0.15) is 23.8 Å². The van der Waals surface area contributed by atoms with Crippen molar-refractivity contribution in [3.05, 3.63) is 35.7 Å². The van der Waals surface area contributed by atoms with E-state index in [9.17, 15) is 9.90 Å². The highest BCUT2D eigenvalue weighted by Gasteiger charge is 2.20. The lowest BCUT2D eigenvalue weighted by molar-refractivity contribution is 0.0687. The van der Waals surface area contributed by atoms with E-state index in [4.69, 9.17) is 9.47 Å². The molecule has 1 aromatic carbocycles. The number of ether oxygens (including phenoxy) is 2. The van der Waals surface area contributed by atoms with Crippen molar-refractivity contribution in [2.75, 3.05) is 7.11 Å². The van der Waals surface area contributed by atoms with Gasteiger partial charge in [0.2, 0.25) is 0 Å². The molecule has 0 bridgehead atoms. The standard InChI is InChI=1S/C15H19N3O4/c1-10(2)8-18-13(14(15(19)20)16-17-18)9-22-12-6-4-5-11(7-12)21-3/h4-7,10H,8-9H2,1-3H3,(H,19,20). The Morgan fingerprint density at radius 1 is 1.36 bits per heavy atom. The molecule has 0 spiro atoms. The number of carboxylic acid groups (broad SMARTS) is 1. The Morgan fingerprint density at radius 3 is 2.73 bits per heavy atom. The highest BCUT2D eigenvalue weighted by molar-refractivity contribution is 5.86. The van der Waals surface area contributed by atoms with Crippen LogP contribution in [0.25, 0.3) is 0 Å². The normalized spacial score (nSPS) is 10.7. The summed E-state index contributed by atoms with van der Waals surface area (Å²) in [7, 11) is 1.57. The Balaban J connectivity index is 2.19. The summed E-state index contributed by atoms with van der Waals surface area (Å²) in [6, 6.07) is 7.12. The lowest BCUT2D eigenvalue weighted by atomic mass is 10.2. The van der Waals surface area contributed by atoms with Crippen molar-refractivity contribution in [1.29, 1.82) is 0 Å². The molecule has 0 fully saturated rings. The molecule has 1 aromatic heterocycles. The van der Waals surface area contributed by atoms with Crippen LogP contribution < -0.4 is 9.47 Å². The summed E-state index contributed by atoms with van der Waals surface area (Å²) in [6.45, 7) is 4.70. The van der Waals surface area contributed by atoms with Gasteiger partial charge in [-0.1, -0.05) is 25.1 Å². The minimum Gasteiger partial charge on any atom is -0.497 e. The van der Waals surface area contributed by atoms with Crippen molar-refractivity contribution in [2.45, 2.75) is 27.0 Å². The molecular weight excluding hydrogens is 286 g/mol. The van der Waals surface area contributed by atoms with Gasteiger partial charge in [0.25, 0.3) is 0 Å². The van der Waals surface area contributed by atoms with Crippen LogP contribution in [0.4, 0.5) is 0 Å². The lowest BCUT2D eigenvalue weighted by Gasteiger charge is -2.11. The van der Waals surface area contributed by atoms with Gasteiger partial charge in [0.05, 0.1) is 7.11 Å². The maximum atomic E-state index is 11.2. The number of aromatic nitrogens is 3. The smallest absolute Gasteiger partial charge is 0.358 e. The van der Waals surface area contributed by atoms with Gasteiger partial charge < -0.3 is 14.6 Å². The molecule has 1 N–H and O–H groups in total. The topological polar surface area (TPSA) is 86.5 Å². The molecule has 2 aromatic rings. The zero-order valence-electron chi connectivity index (χ0n) is 12.8. The molecule has 118 valence electrons. The highest BCUT2D eigenvalue weighted by atomic mass is 16.5. The fourth-order valence-electron chi connectivity index (χ4n) is 1.98. The van der Waals surface area contributed by atoms with Crippen molar-refractivity contribution in [3.63, 3.8) is 0 Å². The average molecular weight is 305 g/mol. The first-order valence-electron chi connectivity index (χ1n) is 6.93. The number of aromatic carboxylic acids is 1. The van der Waals surface area contributed by atoms with Crippen LogP contribution in [0, 0.1) is 5.92 Å². The van der Waals surface area contributed by atoms with Gasteiger partial charge in [-0.25, -0.2) is 9.48 Å². The maximum Gasteiger partial charge on any atom is 0.358 e. The molecule has 0 aliphatic carbocycles. The van der Waals surface area contributed by atoms with Crippen LogP contribution in [0.2, 0.25) is 0 Å². The van der Waals surface area contributed by atoms with Gasteiger partial charge in [0.15, 0.2) is 5.69 Å². The molecule has 0 unspecified atom stereocenters. The predicted molar refractivity (Wildman–Crippen MR) is 79.1 cm³/mol. The number of hydrogen-bond acceptors (Lipinski definition) is 5. The van der Waals surface area contributed by atoms with Gasteiger partial charge in [-0.3, -0.25) is 0 Å². The third-order valence-electron chi connectivity index (χ3n) is 3.00. The summed E-state index contributed by atoms with van der Waals surface area (Å²) in [4.78, 5) is 11.2. The number of nitrogens with zero attached hydrogens (tertiary/aromatic N) is 3. The number of methoxy groups -OCH3 is 1. The summed E-state index contributed by atoms with van der Waals surface area (Å²) in [5, 5.41) is 16.8. The number of carboxylic acids is 1. The fourth-order valence-corrected chi connectivity index (χ4v) is 1.98. The Morgan fingerprint density at radius 2 is 2.09 bits per heavy atom. The molecule has 0 saturated heterocycles. The highest BCUT2D eigenvalue weighted by Crippen LogP contribution is 2.20. The molecule has 1 heterocycles. The molecule has 0 amide bonds. The molecule has 0 aliphatic rings. The van der Waals surface area contributed by atoms with Gasteiger partial charge in [0, 0.05) is 12.6 Å². The molecule has 7 heteroatoms. The first-order chi connectivity index (χ1) is 10.5. The van der Waals surface area contributed by atoms with Crippen LogP contribution in [-0.4, -0.2) is 33.2 Å². The zero-order chi connectivity index (χ0) is 16.1. The zero-order valence-corrected chi connectivity index (χ0v) is 12.8. The third-order valence-corrected chi connectivity index (χ3v) is 3.00. The number of rotatable bonds is 7. The SMILES string of the molecule is COc1cccc(OCc2c(C(=O)O)nnn2CC(C)C)c1. The van der Waals surface area contributed by atoms with Gasteiger partial charge in [-0.2, -0.15) is 0 Å². The Hall–Kier alpha value is -2.57. The average Bonchev–Trinajstić information content (AvgIpc) is 2.87. The molecular formula is C15H19N3O4. The van der Waals surface area contributed by atoms with Gasteiger partial charge in [-0.15, -0.1) is 5.10 Å². The lowest BCUT2D eigenvalue weighted by Crippen LogP contribution is -2.14. The molecule has 0 saturated carbocycles. The van der Waals surface area contributed by atoms with E-state index in [0.29, 0.717) is 29.7 Å². The summed E-state index contributed by atoms with van der Waals surface area (Å²) in [5.41, 5.74) is 0.368. The molecule has 2 rings (SSSR count). The van der Waals surface area contributed by atoms with E-state index < -0.39 is 5.97 Å². The van der Waals surface area contributed by atoms with Crippen LogP contribution in [-0.2, 0) is 13.2 Å². The quantitative estimate of drug-likeness (QED) is 0.844. The third kappa shape index (κ3) is 3.75. The van der Waals surface area contributed by atoms with Crippen molar-refractivity contribution < 1.29 is 19.4 Å². The second-order valence-corrected chi connectivity index (χ2v) is 5.23. The Kier molecular flexibility index (Phi) is 4.98. The van der Waals surface area contributed by atoms with Crippen LogP contribution >= 0.6 is 0 Å². The first kappa shape index (κ1) is 15.8. The van der Waals surface area contributed by atoms with Crippen molar-refractivity contribution >= 4 is 5.97 Å². The van der Waals surface area contributed by atoms with Crippen LogP contribution in [0.3, 0.4) is 0 Å². The first-order valence-corrected chi connectivity index (χ1v) is 6.93. The number of benzene rings is 1.